The van der Waals surface area contributed by atoms with Crippen molar-refractivity contribution in [1.82, 2.24) is 14.6 Å². The van der Waals surface area contributed by atoms with Crippen molar-refractivity contribution in [3.8, 4) is 11.3 Å². The molecule has 24 heavy (non-hydrogen) atoms. The molecule has 1 fully saturated rings. The molecule has 1 N–H and O–H groups in total. The van der Waals surface area contributed by atoms with Crippen LogP contribution in [-0.4, -0.2) is 43.9 Å². The Balaban J connectivity index is 0.00000208. The van der Waals surface area contributed by atoms with Gasteiger partial charge in [0.15, 0.2) is 5.89 Å². The molecule has 3 rings (SSSR count). The number of nitrogens with zero attached hydrogens (tertiary/aromatic N) is 2. The van der Waals surface area contributed by atoms with E-state index in [1.807, 2.05) is 0 Å². The fourth-order valence-electron chi connectivity index (χ4n) is 2.83. The average Bonchev–Trinajstić information content (AvgIpc) is 3.01. The Hall–Kier alpha value is -1.41. The van der Waals surface area contributed by atoms with E-state index in [4.69, 9.17) is 4.42 Å². The first kappa shape index (κ1) is 18.9. The lowest BCUT2D eigenvalue weighted by atomic mass is 10.1. The predicted octanol–water partition coefficient (Wildman–Crippen LogP) is 2.44. The van der Waals surface area contributed by atoms with E-state index in [0.29, 0.717) is 16.5 Å². The highest BCUT2D eigenvalue weighted by Gasteiger charge is 2.28. The zero-order valence-electron chi connectivity index (χ0n) is 13.7. The van der Waals surface area contributed by atoms with E-state index in [1.54, 1.807) is 44.5 Å². The second-order valence-electron chi connectivity index (χ2n) is 5.78. The molecule has 0 bridgehead atoms. The van der Waals surface area contributed by atoms with Gasteiger partial charge in [-0.25, -0.2) is 13.4 Å². The van der Waals surface area contributed by atoms with Crippen LogP contribution in [0.4, 0.5) is 0 Å². The molecular formula is C16H22ClN3O3S. The Kier molecular flexibility index (Phi) is 6.03. The van der Waals surface area contributed by atoms with E-state index in [0.717, 1.165) is 31.5 Å². The molecule has 1 aliphatic rings. The highest BCUT2D eigenvalue weighted by Crippen LogP contribution is 2.24. The van der Waals surface area contributed by atoms with Crippen LogP contribution in [0.3, 0.4) is 0 Å². The molecule has 0 amide bonds. The number of hydrogen-bond donors (Lipinski definition) is 1. The quantitative estimate of drug-likeness (QED) is 0.893. The lowest BCUT2D eigenvalue weighted by molar-refractivity contribution is 0.296. The van der Waals surface area contributed by atoms with Gasteiger partial charge in [0.2, 0.25) is 10.0 Å². The van der Waals surface area contributed by atoms with Gasteiger partial charge in [-0.05, 0) is 38.1 Å². The summed E-state index contributed by atoms with van der Waals surface area (Å²) in [5, 5.41) is 3.25. The van der Waals surface area contributed by atoms with Gasteiger partial charge in [-0.1, -0.05) is 12.1 Å². The Morgan fingerprint density at radius 1 is 1.21 bits per heavy atom. The first-order valence-electron chi connectivity index (χ1n) is 7.70. The van der Waals surface area contributed by atoms with Crippen LogP contribution >= 0.6 is 12.4 Å². The largest absolute Gasteiger partial charge is 0.449 e. The number of aromatic nitrogens is 1. The molecule has 132 valence electrons. The summed E-state index contributed by atoms with van der Waals surface area (Å²) in [6.45, 7) is 3.49. The van der Waals surface area contributed by atoms with Crippen molar-refractivity contribution in [2.45, 2.75) is 30.7 Å². The lowest BCUT2D eigenvalue weighted by Crippen LogP contribution is -2.43. The van der Waals surface area contributed by atoms with Crippen LogP contribution in [0, 0.1) is 6.92 Å². The van der Waals surface area contributed by atoms with Gasteiger partial charge in [0.1, 0.15) is 12.0 Å². The minimum absolute atomic E-state index is 0. The number of halogens is 1. The molecule has 6 nitrogen and oxygen atoms in total. The summed E-state index contributed by atoms with van der Waals surface area (Å²) in [5.74, 6) is 0.585. The summed E-state index contributed by atoms with van der Waals surface area (Å²) in [6, 6.07) is 6.85. The molecule has 0 radical (unpaired) electrons. The standard InChI is InChI=1S/C16H21N3O3S.ClH/c1-12-18-16(11-22-12)13-3-5-15(6-4-13)23(20,21)19(2)14-7-9-17-10-8-14;/h3-6,11,14,17H,7-10H2,1-2H3;1H. The average molecular weight is 372 g/mol. The topological polar surface area (TPSA) is 75.4 Å². The molecule has 0 saturated carbocycles. The number of piperidine rings is 1. The molecule has 8 heteroatoms. The second kappa shape index (κ2) is 7.65. The van der Waals surface area contributed by atoms with Gasteiger partial charge in [0.05, 0.1) is 4.90 Å². The number of hydrogen-bond acceptors (Lipinski definition) is 5. The first-order chi connectivity index (χ1) is 11.0. The third-order valence-electron chi connectivity index (χ3n) is 4.27. The fourth-order valence-corrected chi connectivity index (χ4v) is 4.24. The molecule has 1 saturated heterocycles. The van der Waals surface area contributed by atoms with Gasteiger partial charge in [0, 0.05) is 25.6 Å². The number of rotatable bonds is 4. The third-order valence-corrected chi connectivity index (χ3v) is 6.19. The maximum Gasteiger partial charge on any atom is 0.243 e. The van der Waals surface area contributed by atoms with Crippen LogP contribution in [0.15, 0.2) is 39.8 Å². The number of nitrogens with one attached hydrogen (secondary N) is 1. The summed E-state index contributed by atoms with van der Waals surface area (Å²) in [4.78, 5) is 4.56. The number of oxazole rings is 1. The molecule has 0 spiro atoms. The summed E-state index contributed by atoms with van der Waals surface area (Å²) < 4.78 is 32.2. The van der Waals surface area contributed by atoms with Crippen molar-refractivity contribution in [1.29, 1.82) is 0 Å². The van der Waals surface area contributed by atoms with Crippen LogP contribution in [-0.2, 0) is 10.0 Å². The van der Waals surface area contributed by atoms with E-state index in [9.17, 15) is 8.42 Å². The first-order valence-corrected chi connectivity index (χ1v) is 9.14. The zero-order chi connectivity index (χ0) is 16.4. The van der Waals surface area contributed by atoms with Crippen LogP contribution in [0.2, 0.25) is 0 Å². The molecule has 1 aliphatic heterocycles. The van der Waals surface area contributed by atoms with Crippen molar-refractivity contribution in [2.75, 3.05) is 20.1 Å². The summed E-state index contributed by atoms with van der Waals surface area (Å²) >= 11 is 0. The van der Waals surface area contributed by atoms with Crippen molar-refractivity contribution in [3.63, 3.8) is 0 Å². The van der Waals surface area contributed by atoms with Gasteiger partial charge in [-0.15, -0.1) is 12.4 Å². The van der Waals surface area contributed by atoms with Gasteiger partial charge < -0.3 is 9.73 Å². The van der Waals surface area contributed by atoms with E-state index >= 15 is 0 Å². The second-order valence-corrected chi connectivity index (χ2v) is 7.78. The zero-order valence-corrected chi connectivity index (χ0v) is 15.4. The van der Waals surface area contributed by atoms with Crippen LogP contribution in [0.5, 0.6) is 0 Å². The Morgan fingerprint density at radius 2 is 1.83 bits per heavy atom. The van der Waals surface area contributed by atoms with Gasteiger partial charge >= 0.3 is 0 Å². The highest BCUT2D eigenvalue weighted by molar-refractivity contribution is 7.89. The van der Waals surface area contributed by atoms with Crippen molar-refractivity contribution in [3.05, 3.63) is 36.4 Å². The van der Waals surface area contributed by atoms with E-state index in [-0.39, 0.29) is 18.4 Å². The molecular weight excluding hydrogens is 350 g/mol. The van der Waals surface area contributed by atoms with E-state index < -0.39 is 10.0 Å². The number of benzene rings is 1. The molecule has 0 unspecified atom stereocenters. The minimum atomic E-state index is -3.47. The van der Waals surface area contributed by atoms with Crippen LogP contribution in [0.25, 0.3) is 11.3 Å². The number of aryl methyl sites for hydroxylation is 1. The number of sulfonamides is 1. The monoisotopic (exact) mass is 371 g/mol. The Morgan fingerprint density at radius 3 is 2.38 bits per heavy atom. The van der Waals surface area contributed by atoms with Crippen molar-refractivity contribution < 1.29 is 12.8 Å². The van der Waals surface area contributed by atoms with Gasteiger partial charge in [0.25, 0.3) is 0 Å². The van der Waals surface area contributed by atoms with Crippen molar-refractivity contribution >= 4 is 22.4 Å². The fraction of sp³-hybridized carbons (Fsp3) is 0.438. The lowest BCUT2D eigenvalue weighted by Gasteiger charge is -2.30. The van der Waals surface area contributed by atoms with Gasteiger partial charge in [-0.3, -0.25) is 0 Å². The summed E-state index contributed by atoms with van der Waals surface area (Å²) in [5.41, 5.74) is 1.54. The minimum Gasteiger partial charge on any atom is -0.449 e. The third kappa shape index (κ3) is 3.80. The van der Waals surface area contributed by atoms with Gasteiger partial charge in [-0.2, -0.15) is 4.31 Å². The van der Waals surface area contributed by atoms with Crippen LogP contribution in [0.1, 0.15) is 18.7 Å². The highest BCUT2D eigenvalue weighted by atomic mass is 35.5. The molecule has 0 aliphatic carbocycles. The molecule has 1 aromatic carbocycles. The maximum atomic E-state index is 12.8. The van der Waals surface area contributed by atoms with E-state index in [2.05, 4.69) is 10.3 Å². The Labute approximate surface area is 148 Å². The molecule has 1 aromatic heterocycles. The summed E-state index contributed by atoms with van der Waals surface area (Å²) in [7, 11) is -1.80. The molecule has 2 aromatic rings. The smallest absolute Gasteiger partial charge is 0.243 e. The maximum absolute atomic E-state index is 12.8. The molecule has 2 heterocycles. The predicted molar refractivity (Wildman–Crippen MR) is 94.8 cm³/mol. The summed E-state index contributed by atoms with van der Waals surface area (Å²) in [6.07, 6.45) is 3.25. The Bertz CT molecular complexity index is 768. The SMILES string of the molecule is Cc1nc(-c2ccc(S(=O)(=O)N(C)C3CCNCC3)cc2)co1.Cl. The molecule has 0 atom stereocenters. The van der Waals surface area contributed by atoms with Crippen molar-refractivity contribution in [2.24, 2.45) is 0 Å². The normalized spacial score (nSPS) is 16.1. The van der Waals surface area contributed by atoms with Crippen LogP contribution < -0.4 is 5.32 Å². The van der Waals surface area contributed by atoms with E-state index in [1.165, 1.54) is 4.31 Å².